The first-order valence-corrected chi connectivity index (χ1v) is 12.9. The van der Waals surface area contributed by atoms with Gasteiger partial charge in [-0.3, -0.25) is 4.90 Å². The van der Waals surface area contributed by atoms with E-state index in [2.05, 4.69) is 27.9 Å². The van der Waals surface area contributed by atoms with Gasteiger partial charge in [0.1, 0.15) is 0 Å². The van der Waals surface area contributed by atoms with Gasteiger partial charge in [-0.25, -0.2) is 17.9 Å². The molecule has 0 bridgehead atoms. The van der Waals surface area contributed by atoms with E-state index in [4.69, 9.17) is 4.74 Å². The van der Waals surface area contributed by atoms with E-state index in [-0.39, 0.29) is 5.54 Å². The number of hydrogen-bond donors (Lipinski definition) is 2. The van der Waals surface area contributed by atoms with E-state index in [9.17, 15) is 13.2 Å². The molecule has 0 unspecified atom stereocenters. The number of nitrogens with zero attached hydrogens (tertiary/aromatic N) is 1. The van der Waals surface area contributed by atoms with E-state index in [0.29, 0.717) is 19.3 Å². The molecule has 2 saturated heterocycles. The summed E-state index contributed by atoms with van der Waals surface area (Å²) in [6, 6.07) is 1.95. The summed E-state index contributed by atoms with van der Waals surface area (Å²) in [7, 11) is -3.89. The highest BCUT2D eigenvalue weighted by Crippen LogP contribution is 2.38. The molecule has 2 heterocycles. The molecule has 2 aliphatic carbocycles. The van der Waals surface area contributed by atoms with Crippen molar-refractivity contribution in [2.75, 3.05) is 25.1 Å². The van der Waals surface area contributed by atoms with Crippen LogP contribution in [0.5, 0.6) is 0 Å². The molecule has 8 heteroatoms. The Morgan fingerprint density at radius 3 is 2.42 bits per heavy atom. The van der Waals surface area contributed by atoms with Crippen molar-refractivity contribution in [2.45, 2.75) is 69.9 Å². The van der Waals surface area contributed by atoms with Gasteiger partial charge in [0.05, 0.1) is 19.3 Å². The molecule has 2 N–H and O–H groups in total. The Balaban J connectivity index is 1.29. The minimum absolute atomic E-state index is 0.333. The molecular weight excluding hydrogens is 414 g/mol. The number of fused-ring (bicyclic) bond motifs is 2. The van der Waals surface area contributed by atoms with E-state index in [1.807, 2.05) is 0 Å². The fourth-order valence-corrected chi connectivity index (χ4v) is 6.54. The molecule has 168 valence electrons. The highest BCUT2D eigenvalue weighted by atomic mass is 32.2. The van der Waals surface area contributed by atoms with E-state index in [1.54, 1.807) is 6.08 Å². The lowest BCUT2D eigenvalue weighted by Crippen LogP contribution is -2.55. The van der Waals surface area contributed by atoms with Gasteiger partial charge in [-0.1, -0.05) is 12.1 Å². The minimum Gasteiger partial charge on any atom is -0.378 e. The maximum absolute atomic E-state index is 12.7. The summed E-state index contributed by atoms with van der Waals surface area (Å²) in [5, 5.41) is 4.05. The van der Waals surface area contributed by atoms with Crippen LogP contribution >= 0.6 is 0 Å². The second-order valence-corrected chi connectivity index (χ2v) is 11.0. The van der Waals surface area contributed by atoms with Crippen molar-refractivity contribution >= 4 is 21.7 Å². The summed E-state index contributed by atoms with van der Waals surface area (Å²) in [4.78, 5) is 15.0. The number of carbonyl (C=O) groups excluding carboxylic acids is 1. The number of carbonyl (C=O) groups is 1. The number of sulfonamides is 1. The van der Waals surface area contributed by atoms with Crippen LogP contribution in [-0.4, -0.2) is 50.7 Å². The fraction of sp³-hybridized carbons (Fsp3) is 0.609. The largest absolute Gasteiger partial charge is 0.378 e. The number of nitrogens with one attached hydrogen (secondary N) is 2. The van der Waals surface area contributed by atoms with Crippen molar-refractivity contribution in [3.8, 4) is 0 Å². The number of ether oxygens (including phenoxy) is 1. The molecule has 0 saturated carbocycles. The molecule has 5 rings (SSSR count). The second kappa shape index (κ2) is 7.90. The molecular formula is C23H31N3O4S. The van der Waals surface area contributed by atoms with Crippen molar-refractivity contribution in [1.82, 2.24) is 9.62 Å². The summed E-state index contributed by atoms with van der Waals surface area (Å²) < 4.78 is 32.8. The summed E-state index contributed by atoms with van der Waals surface area (Å²) in [5.41, 5.74) is 5.47. The minimum atomic E-state index is -3.89. The molecule has 7 nitrogen and oxygen atoms in total. The molecule has 31 heavy (non-hydrogen) atoms. The van der Waals surface area contributed by atoms with Crippen LogP contribution in [0, 0.1) is 0 Å². The predicted molar refractivity (Wildman–Crippen MR) is 120 cm³/mol. The lowest BCUT2D eigenvalue weighted by Gasteiger charge is -2.43. The lowest BCUT2D eigenvalue weighted by molar-refractivity contribution is -0.0785. The Labute approximate surface area is 184 Å². The number of hydrogen-bond acceptors (Lipinski definition) is 5. The lowest BCUT2D eigenvalue weighted by atomic mass is 9.97. The van der Waals surface area contributed by atoms with E-state index in [0.717, 1.165) is 69.0 Å². The number of urea groups is 1. The van der Waals surface area contributed by atoms with Gasteiger partial charge in [-0.2, -0.15) is 0 Å². The molecule has 0 aromatic heterocycles. The Morgan fingerprint density at radius 2 is 1.81 bits per heavy atom. The highest BCUT2D eigenvalue weighted by Gasteiger charge is 2.41. The zero-order valence-corrected chi connectivity index (χ0v) is 18.9. The van der Waals surface area contributed by atoms with Gasteiger partial charge >= 0.3 is 6.03 Å². The molecule has 2 fully saturated rings. The van der Waals surface area contributed by atoms with Crippen LogP contribution in [0.2, 0.25) is 0 Å². The maximum Gasteiger partial charge on any atom is 0.333 e. The third kappa shape index (κ3) is 4.01. The van der Waals surface area contributed by atoms with Gasteiger partial charge in [0.15, 0.2) is 0 Å². The first-order chi connectivity index (χ1) is 14.8. The van der Waals surface area contributed by atoms with Gasteiger partial charge in [-0.05, 0) is 87.1 Å². The van der Waals surface area contributed by atoms with Gasteiger partial charge in [-0.15, -0.1) is 0 Å². The van der Waals surface area contributed by atoms with E-state index >= 15 is 0 Å². The fourth-order valence-electron chi connectivity index (χ4n) is 5.69. The number of benzene rings is 1. The normalized spacial score (nSPS) is 26.1. The molecule has 2 aliphatic heterocycles. The van der Waals surface area contributed by atoms with Crippen LogP contribution in [-0.2, 0) is 40.4 Å². The Kier molecular flexibility index (Phi) is 5.35. The first-order valence-electron chi connectivity index (χ1n) is 11.4. The summed E-state index contributed by atoms with van der Waals surface area (Å²) in [5.74, 6) is 0. The molecule has 4 aliphatic rings. The zero-order chi connectivity index (χ0) is 21.6. The Bertz CT molecular complexity index is 999. The van der Waals surface area contributed by atoms with Crippen molar-refractivity contribution in [3.05, 3.63) is 39.8 Å². The van der Waals surface area contributed by atoms with Crippen LogP contribution < -0.4 is 10.0 Å². The van der Waals surface area contributed by atoms with Crippen LogP contribution in [0.4, 0.5) is 10.5 Å². The van der Waals surface area contributed by atoms with Crippen molar-refractivity contribution < 1.29 is 17.9 Å². The first kappa shape index (κ1) is 21.0. The summed E-state index contributed by atoms with van der Waals surface area (Å²) >= 11 is 0. The van der Waals surface area contributed by atoms with Gasteiger partial charge in [0.2, 0.25) is 0 Å². The van der Waals surface area contributed by atoms with Crippen molar-refractivity contribution in [3.63, 3.8) is 0 Å². The maximum atomic E-state index is 12.7. The smallest absolute Gasteiger partial charge is 0.333 e. The predicted octanol–water partition coefficient (Wildman–Crippen LogP) is 2.88. The molecule has 1 aromatic rings. The van der Waals surface area contributed by atoms with Gasteiger partial charge in [0.25, 0.3) is 10.0 Å². The molecule has 1 atom stereocenters. The highest BCUT2D eigenvalue weighted by molar-refractivity contribution is 7.92. The quantitative estimate of drug-likeness (QED) is 0.728. The van der Waals surface area contributed by atoms with Gasteiger partial charge in [0, 0.05) is 16.6 Å². The molecule has 0 spiro atoms. The van der Waals surface area contributed by atoms with Crippen LogP contribution in [0.15, 0.2) is 17.6 Å². The average molecular weight is 446 g/mol. The third-order valence-corrected chi connectivity index (χ3v) is 8.32. The summed E-state index contributed by atoms with van der Waals surface area (Å²) in [6.45, 7) is 4.39. The monoisotopic (exact) mass is 445 g/mol. The van der Waals surface area contributed by atoms with E-state index < -0.39 is 16.1 Å². The van der Waals surface area contributed by atoms with Crippen LogP contribution in [0.3, 0.4) is 0 Å². The zero-order valence-electron chi connectivity index (χ0n) is 18.1. The third-order valence-electron chi connectivity index (χ3n) is 7.35. The molecule has 1 aromatic carbocycles. The Hall–Kier alpha value is -1.90. The van der Waals surface area contributed by atoms with Crippen LogP contribution in [0.25, 0.3) is 0 Å². The molecule has 0 radical (unpaired) electrons. The number of aryl methyl sites for hydroxylation is 2. The summed E-state index contributed by atoms with van der Waals surface area (Å²) in [6.07, 6.45) is 9.73. The SMILES string of the molecule is C[C@]1(/C=C/S(=O)(=O)NC(=O)Nc2c3c(cc4c2CCC4)CCC3)CCCN1C1COC1. The van der Waals surface area contributed by atoms with Crippen molar-refractivity contribution in [2.24, 2.45) is 0 Å². The van der Waals surface area contributed by atoms with Gasteiger partial charge < -0.3 is 10.1 Å². The number of anilines is 1. The molecule has 2 amide bonds. The van der Waals surface area contributed by atoms with Crippen LogP contribution in [0.1, 0.15) is 54.9 Å². The topological polar surface area (TPSA) is 87.7 Å². The van der Waals surface area contributed by atoms with Crippen molar-refractivity contribution in [1.29, 1.82) is 0 Å². The standard InChI is InChI=1S/C23H31N3O4S/c1-23(9-4-11-26(23)18-14-30-15-18)10-12-31(28,29)25-22(27)24-21-19-7-2-5-16(19)13-17-6-3-8-20(17)21/h10,12-13,18H,2-9,11,14-15H2,1H3,(H2,24,25,27)/b12-10+/t23-/m1/s1. The van der Waals surface area contributed by atoms with E-state index in [1.165, 1.54) is 22.3 Å². The second-order valence-electron chi connectivity index (χ2n) is 9.48. The average Bonchev–Trinajstić information content (AvgIpc) is 3.39. The Morgan fingerprint density at radius 1 is 1.13 bits per heavy atom. The number of amides is 2. The number of likely N-dealkylation sites (tertiary alicyclic amines) is 1. The number of rotatable bonds is 5.